The summed E-state index contributed by atoms with van der Waals surface area (Å²) in [4.78, 5) is 0. The number of rotatable bonds is 7. The van der Waals surface area contributed by atoms with Crippen LogP contribution < -0.4 is 0 Å². The third-order valence-corrected chi connectivity index (χ3v) is 5.83. The predicted molar refractivity (Wildman–Crippen MR) is 119 cm³/mol. The average molecular weight is 490 g/mol. The van der Waals surface area contributed by atoms with Gasteiger partial charge in [0, 0.05) is 20.1 Å². The lowest BCUT2D eigenvalue weighted by Gasteiger charge is -2.21. The van der Waals surface area contributed by atoms with Gasteiger partial charge in [0.2, 0.25) is 0 Å². The summed E-state index contributed by atoms with van der Waals surface area (Å²) in [6.07, 6.45) is -2.08. The van der Waals surface area contributed by atoms with Crippen LogP contribution in [0.1, 0.15) is 18.1 Å². The van der Waals surface area contributed by atoms with Crippen molar-refractivity contribution in [3.63, 3.8) is 0 Å². The van der Waals surface area contributed by atoms with Crippen LogP contribution in [0.2, 0.25) is 20.1 Å². The number of halogens is 4. The van der Waals surface area contributed by atoms with Crippen LogP contribution in [0.25, 0.3) is 0 Å². The second-order valence-corrected chi connectivity index (χ2v) is 8.43. The van der Waals surface area contributed by atoms with Crippen molar-refractivity contribution in [1.29, 1.82) is 0 Å². The van der Waals surface area contributed by atoms with Gasteiger partial charge in [-0.3, -0.25) is 0 Å². The molecule has 1 aliphatic heterocycles. The first-order valence-corrected chi connectivity index (χ1v) is 10.7. The van der Waals surface area contributed by atoms with Crippen LogP contribution in [0.5, 0.6) is 0 Å². The normalized spacial score (nSPS) is 23.3. The molecular weight excluding hydrogens is 470 g/mol. The molecule has 0 aliphatic carbocycles. The minimum absolute atomic E-state index is 0.191. The van der Waals surface area contributed by atoms with Crippen molar-refractivity contribution in [2.45, 2.75) is 38.6 Å². The maximum atomic E-state index is 10.3. The number of aliphatic hydroxyl groups is 1. The Labute approximate surface area is 195 Å². The minimum Gasteiger partial charge on any atom is -0.374 e. The Kier molecular flexibility index (Phi) is 8.71. The summed E-state index contributed by atoms with van der Waals surface area (Å²) < 4.78 is 17.5. The molecule has 2 aromatic carbocycles. The van der Waals surface area contributed by atoms with E-state index in [0.717, 1.165) is 11.1 Å². The van der Waals surface area contributed by atoms with Crippen molar-refractivity contribution in [2.24, 2.45) is 5.92 Å². The van der Waals surface area contributed by atoms with Crippen molar-refractivity contribution in [2.75, 3.05) is 6.61 Å². The van der Waals surface area contributed by atoms with Crippen molar-refractivity contribution in [1.82, 2.24) is 0 Å². The minimum atomic E-state index is -1.07. The van der Waals surface area contributed by atoms with Crippen molar-refractivity contribution in [3.8, 4) is 11.8 Å². The van der Waals surface area contributed by atoms with E-state index in [9.17, 15) is 5.11 Å². The monoisotopic (exact) mass is 488 g/mol. The fourth-order valence-corrected chi connectivity index (χ4v) is 4.07. The molecule has 0 aromatic heterocycles. The van der Waals surface area contributed by atoms with E-state index >= 15 is 0 Å². The number of hydrogen-bond acceptors (Lipinski definition) is 4. The zero-order valence-electron chi connectivity index (χ0n) is 16.1. The Hall–Kier alpha value is -1.000. The van der Waals surface area contributed by atoms with Crippen molar-refractivity contribution in [3.05, 3.63) is 67.6 Å². The molecule has 0 radical (unpaired) electrons. The summed E-state index contributed by atoms with van der Waals surface area (Å²) >= 11 is 24.3. The molecule has 3 rings (SSSR count). The third-order valence-electron chi connectivity index (χ3n) is 4.65. The lowest BCUT2D eigenvalue weighted by atomic mass is 10.0. The molecule has 4 atom stereocenters. The van der Waals surface area contributed by atoms with E-state index in [1.54, 1.807) is 43.3 Å². The Balaban J connectivity index is 1.65. The first-order chi connectivity index (χ1) is 14.4. The van der Waals surface area contributed by atoms with E-state index in [4.69, 9.17) is 60.6 Å². The summed E-state index contributed by atoms with van der Waals surface area (Å²) in [5.74, 6) is 5.27. The van der Waals surface area contributed by atoms with E-state index in [-0.39, 0.29) is 19.8 Å². The van der Waals surface area contributed by atoms with Crippen LogP contribution in [0.3, 0.4) is 0 Å². The summed E-state index contributed by atoms with van der Waals surface area (Å²) in [5.41, 5.74) is 1.58. The Bertz CT molecular complexity index is 940. The van der Waals surface area contributed by atoms with Gasteiger partial charge in [-0.25, -0.2) is 0 Å². The van der Waals surface area contributed by atoms with Crippen LogP contribution in [-0.2, 0) is 27.4 Å². The molecule has 0 saturated carbocycles. The van der Waals surface area contributed by atoms with Crippen LogP contribution in [-0.4, -0.2) is 30.2 Å². The van der Waals surface area contributed by atoms with E-state index in [0.29, 0.717) is 20.1 Å². The van der Waals surface area contributed by atoms with Crippen LogP contribution in [0.4, 0.5) is 0 Å². The van der Waals surface area contributed by atoms with E-state index in [1.165, 1.54) is 0 Å². The van der Waals surface area contributed by atoms with Gasteiger partial charge in [0.15, 0.2) is 6.29 Å². The zero-order chi connectivity index (χ0) is 21.7. The van der Waals surface area contributed by atoms with Gasteiger partial charge in [-0.05, 0) is 42.3 Å². The molecule has 8 heteroatoms. The topological polar surface area (TPSA) is 47.9 Å². The Morgan fingerprint density at radius 2 is 1.57 bits per heavy atom. The summed E-state index contributed by atoms with van der Waals surface area (Å²) in [6, 6.07) is 10.4. The quantitative estimate of drug-likeness (QED) is 0.502. The van der Waals surface area contributed by atoms with Crippen LogP contribution >= 0.6 is 46.4 Å². The molecule has 4 nitrogen and oxygen atoms in total. The number of benzene rings is 2. The molecule has 2 unspecified atom stereocenters. The maximum absolute atomic E-state index is 10.3. The molecule has 2 aromatic rings. The van der Waals surface area contributed by atoms with E-state index in [1.807, 2.05) is 0 Å². The van der Waals surface area contributed by atoms with Gasteiger partial charge < -0.3 is 19.3 Å². The lowest BCUT2D eigenvalue weighted by molar-refractivity contribution is -0.125. The van der Waals surface area contributed by atoms with Crippen LogP contribution in [0.15, 0.2) is 36.4 Å². The molecule has 1 saturated heterocycles. The molecule has 0 spiro atoms. The van der Waals surface area contributed by atoms with Gasteiger partial charge in [-0.2, -0.15) is 0 Å². The van der Waals surface area contributed by atoms with Gasteiger partial charge in [0.05, 0.1) is 25.7 Å². The molecule has 1 fully saturated rings. The van der Waals surface area contributed by atoms with Gasteiger partial charge in [-0.1, -0.05) is 64.5 Å². The Morgan fingerprint density at radius 1 is 0.967 bits per heavy atom. The highest BCUT2D eigenvalue weighted by molar-refractivity contribution is 6.35. The third kappa shape index (κ3) is 6.03. The highest BCUT2D eigenvalue weighted by Crippen LogP contribution is 2.31. The molecular formula is C22H20Cl4O4. The van der Waals surface area contributed by atoms with E-state index < -0.39 is 24.4 Å². The lowest BCUT2D eigenvalue weighted by Crippen LogP contribution is -2.33. The standard InChI is InChI=1S/C22H20Cl4O4/c1-2-3-17-21(29-11-14-5-7-16(24)9-19(14)26)20(30-22(17)27)12-28-10-13-4-6-15(23)8-18(13)25/h4-9,17,20-22,27H,10-12H2,1H3/t17-,20+,21?,22?/m0/s1. The number of ether oxygens (including phenoxy) is 3. The molecule has 1 N–H and O–H groups in total. The smallest absolute Gasteiger partial charge is 0.171 e. The molecule has 0 amide bonds. The second-order valence-electron chi connectivity index (χ2n) is 6.75. The summed E-state index contributed by atoms with van der Waals surface area (Å²) in [5, 5.41) is 12.4. The molecule has 0 bridgehead atoms. The predicted octanol–water partition coefficient (Wildman–Crippen LogP) is 5.76. The van der Waals surface area contributed by atoms with Gasteiger partial charge in [0.1, 0.15) is 12.2 Å². The molecule has 1 heterocycles. The van der Waals surface area contributed by atoms with Crippen molar-refractivity contribution >= 4 is 46.4 Å². The fraction of sp³-hybridized carbons (Fsp3) is 0.364. The Morgan fingerprint density at radius 3 is 2.13 bits per heavy atom. The summed E-state index contributed by atoms with van der Waals surface area (Å²) in [7, 11) is 0. The van der Waals surface area contributed by atoms with Gasteiger partial charge in [0.25, 0.3) is 0 Å². The van der Waals surface area contributed by atoms with Gasteiger partial charge >= 0.3 is 0 Å². The average Bonchev–Trinajstić information content (AvgIpc) is 2.98. The zero-order valence-corrected chi connectivity index (χ0v) is 19.1. The number of hydrogen-bond donors (Lipinski definition) is 1. The molecule has 1 aliphatic rings. The fourth-order valence-electron chi connectivity index (χ4n) is 3.15. The van der Waals surface area contributed by atoms with Gasteiger partial charge in [-0.15, -0.1) is 5.92 Å². The number of aliphatic hydroxyl groups excluding tert-OH is 1. The second kappa shape index (κ2) is 11.0. The first-order valence-electron chi connectivity index (χ1n) is 9.22. The maximum Gasteiger partial charge on any atom is 0.171 e. The van der Waals surface area contributed by atoms with Crippen molar-refractivity contribution < 1.29 is 19.3 Å². The molecule has 160 valence electrons. The largest absolute Gasteiger partial charge is 0.374 e. The highest BCUT2D eigenvalue weighted by Gasteiger charge is 2.44. The first kappa shape index (κ1) is 23.7. The SMILES string of the molecule is CC#C[C@@H]1C(O)O[C@H](COCc2ccc(Cl)cc2Cl)C1OCc1ccc(Cl)cc1Cl. The summed E-state index contributed by atoms with van der Waals surface area (Å²) in [6.45, 7) is 2.38. The molecule has 30 heavy (non-hydrogen) atoms. The highest BCUT2D eigenvalue weighted by atomic mass is 35.5. The van der Waals surface area contributed by atoms with E-state index in [2.05, 4.69) is 11.8 Å². The van der Waals surface area contributed by atoms with Crippen LogP contribution in [0, 0.1) is 17.8 Å².